The number of hydrogen-bond acceptors (Lipinski definition) is 4. The number of piperidine rings is 1. The summed E-state index contributed by atoms with van der Waals surface area (Å²) in [6.45, 7) is 1.48. The lowest BCUT2D eigenvalue weighted by Crippen LogP contribution is -2.40. The molecule has 2 N–H and O–H groups in total. The predicted molar refractivity (Wildman–Crippen MR) is 78.3 cm³/mol. The lowest BCUT2D eigenvalue weighted by Gasteiger charge is -2.24. The molecule has 1 aliphatic rings. The zero-order valence-corrected chi connectivity index (χ0v) is 11.7. The number of halogens is 1. The fourth-order valence-electron chi connectivity index (χ4n) is 2.64. The Balaban J connectivity index is 2.03. The molecule has 2 aromatic rings. The van der Waals surface area contributed by atoms with Crippen molar-refractivity contribution in [1.82, 2.24) is 14.9 Å². The Morgan fingerprint density at radius 1 is 1.45 bits per heavy atom. The van der Waals surface area contributed by atoms with Gasteiger partial charge in [-0.15, -0.1) is 0 Å². The van der Waals surface area contributed by atoms with Gasteiger partial charge in [0.25, 0.3) is 5.56 Å². The molecule has 1 aromatic carbocycles. The molecule has 0 bridgehead atoms. The van der Waals surface area contributed by atoms with E-state index in [1.54, 1.807) is 6.07 Å². The van der Waals surface area contributed by atoms with Gasteiger partial charge in [-0.25, -0.2) is 4.98 Å². The third kappa shape index (κ3) is 2.51. The van der Waals surface area contributed by atoms with Crippen LogP contribution in [0.3, 0.4) is 0 Å². The van der Waals surface area contributed by atoms with E-state index in [2.05, 4.69) is 10.3 Å². The van der Waals surface area contributed by atoms with Gasteiger partial charge in [0, 0.05) is 12.6 Å². The first-order valence-corrected chi connectivity index (χ1v) is 7.15. The average molecular weight is 294 g/mol. The van der Waals surface area contributed by atoms with Crippen LogP contribution in [-0.2, 0) is 6.54 Å². The third-order valence-electron chi connectivity index (χ3n) is 3.71. The minimum absolute atomic E-state index is 0.0565. The summed E-state index contributed by atoms with van der Waals surface area (Å²) in [5.74, 6) is 0.0565. The van der Waals surface area contributed by atoms with Gasteiger partial charge in [0.2, 0.25) is 5.28 Å². The molecule has 1 aliphatic heterocycles. The number of phenols is 1. The number of aromatic hydroxyl groups is 1. The summed E-state index contributed by atoms with van der Waals surface area (Å²) in [7, 11) is 0. The standard InChI is InChI=1S/C14H16ClN3O2/c15-14-17-12-5-4-10(19)7-11(12)13(20)18(14)8-9-3-1-2-6-16-9/h4-5,7,9,16,19H,1-3,6,8H2. The van der Waals surface area contributed by atoms with E-state index in [1.165, 1.54) is 23.1 Å². The van der Waals surface area contributed by atoms with Crippen molar-refractivity contribution in [2.75, 3.05) is 6.54 Å². The van der Waals surface area contributed by atoms with Gasteiger partial charge < -0.3 is 10.4 Å². The maximum atomic E-state index is 12.5. The molecular weight excluding hydrogens is 278 g/mol. The predicted octanol–water partition coefficient (Wildman–Crippen LogP) is 1.90. The van der Waals surface area contributed by atoms with Crippen LogP contribution >= 0.6 is 11.6 Å². The highest BCUT2D eigenvalue weighted by atomic mass is 35.5. The highest BCUT2D eigenvalue weighted by molar-refractivity contribution is 6.28. The van der Waals surface area contributed by atoms with Gasteiger partial charge in [-0.1, -0.05) is 6.42 Å². The van der Waals surface area contributed by atoms with E-state index in [9.17, 15) is 9.90 Å². The van der Waals surface area contributed by atoms with Gasteiger partial charge in [-0.3, -0.25) is 9.36 Å². The monoisotopic (exact) mass is 293 g/mol. The van der Waals surface area contributed by atoms with Crippen molar-refractivity contribution in [2.45, 2.75) is 31.8 Å². The molecule has 106 valence electrons. The summed E-state index contributed by atoms with van der Waals surface area (Å²) in [5.41, 5.74) is 0.300. The Morgan fingerprint density at radius 2 is 2.30 bits per heavy atom. The SMILES string of the molecule is O=c1c2cc(O)ccc2nc(Cl)n1CC1CCCCN1. The normalized spacial score (nSPS) is 19.4. The fourth-order valence-corrected chi connectivity index (χ4v) is 2.88. The molecule has 0 radical (unpaired) electrons. The number of aromatic nitrogens is 2. The van der Waals surface area contributed by atoms with Gasteiger partial charge in [-0.2, -0.15) is 0 Å². The molecule has 1 atom stereocenters. The average Bonchev–Trinajstić information content (AvgIpc) is 2.46. The number of phenolic OH excluding ortho intramolecular Hbond substituents is 1. The molecule has 1 aromatic heterocycles. The van der Waals surface area contributed by atoms with Crippen molar-refractivity contribution >= 4 is 22.5 Å². The van der Waals surface area contributed by atoms with Crippen molar-refractivity contribution in [1.29, 1.82) is 0 Å². The van der Waals surface area contributed by atoms with Crippen LogP contribution in [0.25, 0.3) is 10.9 Å². The molecule has 1 saturated heterocycles. The minimum atomic E-state index is -0.205. The summed E-state index contributed by atoms with van der Waals surface area (Å²) >= 11 is 6.13. The Morgan fingerprint density at radius 3 is 3.05 bits per heavy atom. The Hall–Kier alpha value is -1.59. The number of hydrogen-bond donors (Lipinski definition) is 2. The van der Waals surface area contributed by atoms with Crippen LogP contribution in [0, 0.1) is 0 Å². The summed E-state index contributed by atoms with van der Waals surface area (Å²) in [6.07, 6.45) is 3.36. The summed E-state index contributed by atoms with van der Waals surface area (Å²) < 4.78 is 1.48. The maximum Gasteiger partial charge on any atom is 0.262 e. The molecule has 1 fully saturated rings. The second-order valence-electron chi connectivity index (χ2n) is 5.14. The van der Waals surface area contributed by atoms with E-state index < -0.39 is 0 Å². The highest BCUT2D eigenvalue weighted by Gasteiger charge is 2.17. The van der Waals surface area contributed by atoms with Crippen LogP contribution in [0.15, 0.2) is 23.0 Å². The second kappa shape index (κ2) is 5.42. The molecule has 0 aliphatic carbocycles. The first-order valence-electron chi connectivity index (χ1n) is 6.77. The number of benzene rings is 1. The molecule has 6 heteroatoms. The quantitative estimate of drug-likeness (QED) is 0.830. The third-order valence-corrected chi connectivity index (χ3v) is 4.00. The zero-order chi connectivity index (χ0) is 14.1. The van der Waals surface area contributed by atoms with E-state index in [1.807, 2.05) is 0 Å². The lowest BCUT2D eigenvalue weighted by atomic mass is 10.1. The largest absolute Gasteiger partial charge is 0.508 e. The number of fused-ring (bicyclic) bond motifs is 1. The van der Waals surface area contributed by atoms with Gasteiger partial charge in [0.15, 0.2) is 0 Å². The molecule has 5 nitrogen and oxygen atoms in total. The summed E-state index contributed by atoms with van der Waals surface area (Å²) in [4.78, 5) is 16.7. The van der Waals surface area contributed by atoms with E-state index >= 15 is 0 Å². The van der Waals surface area contributed by atoms with Crippen LogP contribution in [0.4, 0.5) is 0 Å². The Labute approximate surface area is 121 Å². The summed E-state index contributed by atoms with van der Waals surface area (Å²) in [5, 5.41) is 13.5. The van der Waals surface area contributed by atoms with Gasteiger partial charge in [-0.05, 0) is 49.2 Å². The molecule has 1 unspecified atom stereocenters. The van der Waals surface area contributed by atoms with Gasteiger partial charge >= 0.3 is 0 Å². The van der Waals surface area contributed by atoms with E-state index in [-0.39, 0.29) is 22.6 Å². The van der Waals surface area contributed by atoms with E-state index in [0.717, 1.165) is 19.4 Å². The molecule has 3 rings (SSSR count). The van der Waals surface area contributed by atoms with Crippen LogP contribution in [0.5, 0.6) is 5.75 Å². The van der Waals surface area contributed by atoms with Crippen LogP contribution in [0.2, 0.25) is 5.28 Å². The molecule has 0 saturated carbocycles. The van der Waals surface area contributed by atoms with Gasteiger partial charge in [0.05, 0.1) is 10.9 Å². The smallest absolute Gasteiger partial charge is 0.262 e. The molecule has 2 heterocycles. The van der Waals surface area contributed by atoms with Crippen molar-refractivity contribution in [3.05, 3.63) is 33.8 Å². The van der Waals surface area contributed by atoms with Crippen LogP contribution < -0.4 is 10.9 Å². The maximum absolute atomic E-state index is 12.5. The lowest BCUT2D eigenvalue weighted by molar-refractivity contribution is 0.359. The van der Waals surface area contributed by atoms with Crippen molar-refractivity contribution in [2.24, 2.45) is 0 Å². The van der Waals surface area contributed by atoms with Crippen molar-refractivity contribution in [3.8, 4) is 5.75 Å². The first-order chi connectivity index (χ1) is 9.65. The Kier molecular flexibility index (Phi) is 3.63. The van der Waals surface area contributed by atoms with E-state index in [0.29, 0.717) is 17.4 Å². The van der Waals surface area contributed by atoms with E-state index in [4.69, 9.17) is 11.6 Å². The molecule has 0 amide bonds. The topological polar surface area (TPSA) is 67.1 Å². The molecule has 20 heavy (non-hydrogen) atoms. The first kappa shape index (κ1) is 13.4. The fraction of sp³-hybridized carbons (Fsp3) is 0.429. The number of nitrogens with one attached hydrogen (secondary N) is 1. The molecular formula is C14H16ClN3O2. The number of rotatable bonds is 2. The van der Waals surface area contributed by atoms with Crippen molar-refractivity contribution < 1.29 is 5.11 Å². The van der Waals surface area contributed by atoms with Crippen molar-refractivity contribution in [3.63, 3.8) is 0 Å². The second-order valence-corrected chi connectivity index (χ2v) is 5.48. The summed E-state index contributed by atoms with van der Waals surface area (Å²) in [6, 6.07) is 4.78. The van der Waals surface area contributed by atoms with Crippen LogP contribution in [0.1, 0.15) is 19.3 Å². The Bertz CT molecular complexity index is 693. The highest BCUT2D eigenvalue weighted by Crippen LogP contribution is 2.18. The molecule has 0 spiro atoms. The number of nitrogens with zero attached hydrogens (tertiary/aromatic N) is 2. The van der Waals surface area contributed by atoms with Crippen LogP contribution in [-0.4, -0.2) is 27.2 Å². The van der Waals surface area contributed by atoms with Gasteiger partial charge in [0.1, 0.15) is 5.75 Å². The zero-order valence-electron chi connectivity index (χ0n) is 11.0. The minimum Gasteiger partial charge on any atom is -0.508 e.